The van der Waals surface area contributed by atoms with Gasteiger partial charge < -0.3 is 10.2 Å². The molecule has 1 heterocycles. The molecule has 28 heavy (non-hydrogen) atoms. The Morgan fingerprint density at radius 2 is 1.75 bits per heavy atom. The molecule has 3 rings (SSSR count). The Labute approximate surface area is 169 Å². The molecule has 156 valence electrons. The summed E-state index contributed by atoms with van der Waals surface area (Å²) in [6, 6.07) is 7.63. The van der Waals surface area contributed by atoms with Gasteiger partial charge in [-0.25, -0.2) is 13.1 Å². The number of aliphatic imine (C=N–C) groups is 1. The molecule has 1 saturated heterocycles. The highest BCUT2D eigenvalue weighted by molar-refractivity contribution is 7.88. The molecule has 1 aromatic carbocycles. The highest BCUT2D eigenvalue weighted by atomic mass is 32.2. The Kier molecular flexibility index (Phi) is 6.99. The quantitative estimate of drug-likeness (QED) is 0.563. The topological polar surface area (TPSA) is 73.8 Å². The maximum Gasteiger partial charge on any atom is 0.216 e. The molecular formula is C21H34N4O2S. The second-order valence-electron chi connectivity index (χ2n) is 8.41. The summed E-state index contributed by atoms with van der Waals surface area (Å²) in [6.45, 7) is 6.41. The van der Waals surface area contributed by atoms with Crippen LogP contribution in [0.2, 0.25) is 0 Å². The second kappa shape index (κ2) is 9.27. The van der Waals surface area contributed by atoms with Crippen LogP contribution in [0.15, 0.2) is 29.3 Å². The molecule has 0 spiro atoms. The third-order valence-electron chi connectivity index (χ3n) is 5.80. The number of fused-ring (bicyclic) bond motifs is 1. The highest BCUT2D eigenvalue weighted by Gasteiger charge is 2.35. The van der Waals surface area contributed by atoms with Crippen LogP contribution in [0.4, 0.5) is 0 Å². The van der Waals surface area contributed by atoms with Crippen molar-refractivity contribution in [3.05, 3.63) is 35.4 Å². The Morgan fingerprint density at radius 3 is 2.32 bits per heavy atom. The smallest absolute Gasteiger partial charge is 0.216 e. The van der Waals surface area contributed by atoms with Gasteiger partial charge in [0.2, 0.25) is 10.0 Å². The standard InChI is InChI=1S/C21H34N4O2S/c1-16(2)24-28(26,27)15-20-11-7-4-8-17(20)12-23-21(22-3)25-13-18-9-5-6-10-19(18)14-25/h4,7-8,11,16,18-19,24H,5-6,9-10,12-15H2,1-3H3,(H,22,23). The Morgan fingerprint density at radius 1 is 1.14 bits per heavy atom. The van der Waals surface area contributed by atoms with E-state index in [1.165, 1.54) is 25.7 Å². The van der Waals surface area contributed by atoms with Crippen LogP contribution < -0.4 is 10.0 Å². The average Bonchev–Trinajstić information content (AvgIpc) is 3.06. The Bertz CT molecular complexity index is 777. The zero-order valence-electron chi connectivity index (χ0n) is 17.3. The van der Waals surface area contributed by atoms with Crippen molar-refractivity contribution < 1.29 is 8.42 Å². The van der Waals surface area contributed by atoms with E-state index in [4.69, 9.17) is 0 Å². The molecule has 2 unspecified atom stereocenters. The van der Waals surface area contributed by atoms with Gasteiger partial charge in [0.05, 0.1) is 5.75 Å². The molecule has 2 fully saturated rings. The van der Waals surface area contributed by atoms with Crippen LogP contribution in [0.25, 0.3) is 0 Å². The summed E-state index contributed by atoms with van der Waals surface area (Å²) in [5.74, 6) is 2.52. The van der Waals surface area contributed by atoms with Crippen molar-refractivity contribution in [2.75, 3.05) is 20.1 Å². The monoisotopic (exact) mass is 406 g/mol. The van der Waals surface area contributed by atoms with E-state index in [1.807, 2.05) is 45.2 Å². The number of rotatable bonds is 6. The maximum atomic E-state index is 12.3. The number of nitrogens with zero attached hydrogens (tertiary/aromatic N) is 2. The van der Waals surface area contributed by atoms with Crippen molar-refractivity contribution in [1.29, 1.82) is 0 Å². The Hall–Kier alpha value is -1.60. The fourth-order valence-corrected chi connectivity index (χ4v) is 6.05. The summed E-state index contributed by atoms with van der Waals surface area (Å²) < 4.78 is 27.4. The van der Waals surface area contributed by atoms with Crippen LogP contribution in [0.3, 0.4) is 0 Å². The summed E-state index contributed by atoms with van der Waals surface area (Å²) in [5, 5.41) is 3.46. The molecule has 2 atom stereocenters. The maximum absolute atomic E-state index is 12.3. The number of hydrogen-bond donors (Lipinski definition) is 2. The molecule has 2 aliphatic rings. The molecule has 0 bridgehead atoms. The second-order valence-corrected chi connectivity index (χ2v) is 10.2. The van der Waals surface area contributed by atoms with Crippen molar-refractivity contribution in [1.82, 2.24) is 14.9 Å². The molecule has 7 heteroatoms. The number of hydrogen-bond acceptors (Lipinski definition) is 3. The van der Waals surface area contributed by atoms with Gasteiger partial charge >= 0.3 is 0 Å². The third-order valence-corrected chi connectivity index (χ3v) is 7.33. The van der Waals surface area contributed by atoms with Gasteiger partial charge in [-0.05, 0) is 49.7 Å². The zero-order chi connectivity index (χ0) is 20.1. The summed E-state index contributed by atoms with van der Waals surface area (Å²) >= 11 is 0. The normalized spacial score (nSPS) is 23.1. The van der Waals surface area contributed by atoms with Crippen molar-refractivity contribution >= 4 is 16.0 Å². The average molecular weight is 407 g/mol. The van der Waals surface area contributed by atoms with Crippen molar-refractivity contribution in [2.24, 2.45) is 16.8 Å². The first-order valence-corrected chi connectivity index (χ1v) is 12.1. The van der Waals surface area contributed by atoms with Gasteiger partial charge in [0.15, 0.2) is 5.96 Å². The van der Waals surface area contributed by atoms with E-state index in [9.17, 15) is 8.42 Å². The van der Waals surface area contributed by atoms with Crippen LogP contribution in [-0.4, -0.2) is 45.5 Å². The lowest BCUT2D eigenvalue weighted by Gasteiger charge is -2.22. The molecule has 1 saturated carbocycles. The Balaban J connectivity index is 1.64. The van der Waals surface area contributed by atoms with E-state index in [0.717, 1.165) is 42.0 Å². The zero-order valence-corrected chi connectivity index (χ0v) is 18.1. The highest BCUT2D eigenvalue weighted by Crippen LogP contribution is 2.35. The molecule has 0 radical (unpaired) electrons. The lowest BCUT2D eigenvalue weighted by atomic mass is 9.82. The number of likely N-dealkylation sites (tertiary alicyclic amines) is 1. The van der Waals surface area contributed by atoms with Crippen LogP contribution in [0, 0.1) is 11.8 Å². The molecule has 6 nitrogen and oxygen atoms in total. The van der Waals surface area contributed by atoms with Gasteiger partial charge in [-0.3, -0.25) is 4.99 Å². The van der Waals surface area contributed by atoms with E-state index in [0.29, 0.717) is 6.54 Å². The molecule has 2 N–H and O–H groups in total. The van der Waals surface area contributed by atoms with Crippen molar-refractivity contribution in [3.8, 4) is 0 Å². The van der Waals surface area contributed by atoms with Gasteiger partial charge in [0.25, 0.3) is 0 Å². The fourth-order valence-electron chi connectivity index (χ4n) is 4.56. The van der Waals surface area contributed by atoms with Crippen LogP contribution in [0.1, 0.15) is 50.7 Å². The number of guanidine groups is 1. The minimum absolute atomic E-state index is 0.00447. The van der Waals surface area contributed by atoms with E-state index >= 15 is 0 Å². The van der Waals surface area contributed by atoms with Crippen molar-refractivity contribution in [3.63, 3.8) is 0 Å². The summed E-state index contributed by atoms with van der Waals surface area (Å²) in [4.78, 5) is 6.86. The first-order chi connectivity index (χ1) is 13.4. The number of benzene rings is 1. The molecule has 1 aliphatic heterocycles. The van der Waals surface area contributed by atoms with Gasteiger partial charge in [0.1, 0.15) is 0 Å². The SMILES string of the molecule is CN=C(NCc1ccccc1CS(=O)(=O)NC(C)C)N1CC2CCCCC2C1. The first kappa shape index (κ1) is 21.1. The lowest BCUT2D eigenvalue weighted by molar-refractivity contribution is 0.299. The van der Waals surface area contributed by atoms with Gasteiger partial charge in [-0.15, -0.1) is 0 Å². The fraction of sp³-hybridized carbons (Fsp3) is 0.667. The van der Waals surface area contributed by atoms with E-state index in [-0.39, 0.29) is 11.8 Å². The van der Waals surface area contributed by atoms with Gasteiger partial charge in [0, 0.05) is 32.7 Å². The lowest BCUT2D eigenvalue weighted by Crippen LogP contribution is -2.40. The molecule has 1 aliphatic carbocycles. The summed E-state index contributed by atoms with van der Waals surface area (Å²) in [7, 11) is -1.52. The first-order valence-electron chi connectivity index (χ1n) is 10.4. The van der Waals surface area contributed by atoms with E-state index < -0.39 is 10.0 Å². The third kappa shape index (κ3) is 5.47. The van der Waals surface area contributed by atoms with Crippen molar-refractivity contribution in [2.45, 2.75) is 57.9 Å². The number of sulfonamides is 1. The van der Waals surface area contributed by atoms with Crippen LogP contribution >= 0.6 is 0 Å². The van der Waals surface area contributed by atoms with Gasteiger partial charge in [-0.1, -0.05) is 37.1 Å². The summed E-state index contributed by atoms with van der Waals surface area (Å²) in [6.07, 6.45) is 5.38. The minimum Gasteiger partial charge on any atom is -0.352 e. The minimum atomic E-state index is -3.35. The number of nitrogens with one attached hydrogen (secondary N) is 2. The van der Waals surface area contributed by atoms with Crippen LogP contribution in [-0.2, 0) is 22.3 Å². The summed E-state index contributed by atoms with van der Waals surface area (Å²) in [5.41, 5.74) is 1.82. The largest absolute Gasteiger partial charge is 0.352 e. The molecule has 0 amide bonds. The van der Waals surface area contributed by atoms with Gasteiger partial charge in [-0.2, -0.15) is 0 Å². The molecule has 0 aromatic heterocycles. The van der Waals surface area contributed by atoms with Crippen LogP contribution in [0.5, 0.6) is 0 Å². The predicted octanol–water partition coefficient (Wildman–Crippen LogP) is 2.71. The van der Waals surface area contributed by atoms with E-state index in [2.05, 4.69) is 19.9 Å². The molecule has 1 aromatic rings. The predicted molar refractivity (Wildman–Crippen MR) is 115 cm³/mol. The molecular weight excluding hydrogens is 372 g/mol. The van der Waals surface area contributed by atoms with E-state index in [1.54, 1.807) is 0 Å².